The molecular weight excluding hydrogens is 612 g/mol. The molecule has 0 heterocycles. The van der Waals surface area contributed by atoms with Gasteiger partial charge in [-0.2, -0.15) is 0 Å². The van der Waals surface area contributed by atoms with Gasteiger partial charge in [0.2, 0.25) is 0 Å². The van der Waals surface area contributed by atoms with E-state index in [9.17, 15) is 8.42 Å². The summed E-state index contributed by atoms with van der Waals surface area (Å²) < 4.78 is 38.4. The summed E-state index contributed by atoms with van der Waals surface area (Å²) in [5.74, 6) is 1.29. The molecule has 0 bridgehead atoms. The summed E-state index contributed by atoms with van der Waals surface area (Å²) in [5, 5.41) is 3.06. The first-order valence-corrected chi connectivity index (χ1v) is 21.0. The van der Waals surface area contributed by atoms with Crippen LogP contribution < -0.4 is 9.47 Å². The minimum atomic E-state index is -4.00. The zero-order valence-electron chi connectivity index (χ0n) is 28.9. The lowest BCUT2D eigenvalue weighted by Crippen LogP contribution is -2.04. The Kier molecular flexibility index (Phi) is 18.9. The maximum atomic E-state index is 12.8. The Hall–Kier alpha value is -1.98. The Balaban J connectivity index is 1.60. The fourth-order valence-electron chi connectivity index (χ4n) is 6.50. The maximum Gasteiger partial charge on any atom is 0.262 e. The molecule has 0 fully saturated rings. The Bertz CT molecular complexity index is 1370. The van der Waals surface area contributed by atoms with Crippen molar-refractivity contribution in [3.8, 4) is 11.5 Å². The number of benzene rings is 3. The van der Waals surface area contributed by atoms with Gasteiger partial charge in [0, 0.05) is 32.2 Å². The van der Waals surface area contributed by atoms with E-state index in [2.05, 4.69) is 13.8 Å². The van der Waals surface area contributed by atoms with Crippen molar-refractivity contribution in [1.29, 1.82) is 0 Å². The van der Waals surface area contributed by atoms with E-state index in [4.69, 9.17) is 20.2 Å². The van der Waals surface area contributed by atoms with E-state index in [0.29, 0.717) is 30.1 Å². The fourth-order valence-corrected chi connectivity index (χ4v) is 7.58. The SMILES string of the molecule is CCCCCCCCCCCCCOc1c2ccccc2c(OCCCCCCCCCCCCC)c2c(S(=O)(=O)Cl)cccc12. The molecule has 258 valence electrons. The molecule has 3 rings (SSSR count). The second-order valence-electron chi connectivity index (χ2n) is 13.1. The third-order valence-electron chi connectivity index (χ3n) is 9.17. The molecule has 0 spiro atoms. The van der Waals surface area contributed by atoms with E-state index in [1.165, 1.54) is 116 Å². The number of halogens is 1. The second-order valence-corrected chi connectivity index (χ2v) is 15.6. The van der Waals surface area contributed by atoms with E-state index in [1.54, 1.807) is 12.1 Å². The number of hydrogen-bond donors (Lipinski definition) is 0. The van der Waals surface area contributed by atoms with Gasteiger partial charge in [0.05, 0.1) is 18.1 Å². The van der Waals surface area contributed by atoms with Crippen molar-refractivity contribution in [2.45, 2.75) is 160 Å². The lowest BCUT2D eigenvalue weighted by molar-refractivity contribution is 0.306. The van der Waals surface area contributed by atoms with Crippen molar-refractivity contribution in [2.24, 2.45) is 0 Å². The van der Waals surface area contributed by atoms with Crippen molar-refractivity contribution in [3.05, 3.63) is 42.5 Å². The predicted octanol–water partition coefficient (Wildman–Crippen LogP) is 13.3. The quantitative estimate of drug-likeness (QED) is 0.0459. The molecule has 6 heteroatoms. The van der Waals surface area contributed by atoms with Crippen molar-refractivity contribution >= 4 is 41.3 Å². The summed E-state index contributed by atoms with van der Waals surface area (Å²) in [5.41, 5.74) is 0. The summed E-state index contributed by atoms with van der Waals surface area (Å²) in [6.07, 6.45) is 27.9. The zero-order valence-corrected chi connectivity index (χ0v) is 30.5. The molecule has 0 saturated carbocycles. The highest BCUT2D eigenvalue weighted by molar-refractivity contribution is 8.14. The third kappa shape index (κ3) is 13.3. The lowest BCUT2D eigenvalue weighted by atomic mass is 10.0. The average molecular weight is 673 g/mol. The van der Waals surface area contributed by atoms with Crippen LogP contribution in [0.25, 0.3) is 21.5 Å². The van der Waals surface area contributed by atoms with E-state index in [1.807, 2.05) is 30.3 Å². The Labute approximate surface area is 285 Å². The van der Waals surface area contributed by atoms with Crippen LogP contribution in [0.5, 0.6) is 11.5 Å². The average Bonchev–Trinajstić information content (AvgIpc) is 3.05. The van der Waals surface area contributed by atoms with Gasteiger partial charge in [-0.15, -0.1) is 0 Å². The van der Waals surface area contributed by atoms with Gasteiger partial charge >= 0.3 is 0 Å². The molecule has 0 N–H and O–H groups in total. The van der Waals surface area contributed by atoms with Gasteiger partial charge < -0.3 is 9.47 Å². The minimum absolute atomic E-state index is 0.0749. The normalized spacial score (nSPS) is 11.9. The fraction of sp³-hybridized carbons (Fsp3) is 0.650. The highest BCUT2D eigenvalue weighted by Crippen LogP contribution is 2.46. The van der Waals surface area contributed by atoms with E-state index >= 15 is 0 Å². The molecule has 0 amide bonds. The molecule has 0 radical (unpaired) electrons. The number of hydrogen-bond acceptors (Lipinski definition) is 4. The smallest absolute Gasteiger partial charge is 0.262 e. The van der Waals surface area contributed by atoms with Crippen molar-refractivity contribution in [1.82, 2.24) is 0 Å². The molecule has 3 aromatic rings. The Morgan fingerprint density at radius 1 is 0.478 bits per heavy atom. The van der Waals surface area contributed by atoms with Crippen molar-refractivity contribution < 1.29 is 17.9 Å². The highest BCUT2D eigenvalue weighted by Gasteiger charge is 2.23. The van der Waals surface area contributed by atoms with Gasteiger partial charge in [0.1, 0.15) is 11.5 Å². The number of fused-ring (bicyclic) bond motifs is 2. The van der Waals surface area contributed by atoms with Gasteiger partial charge in [0.15, 0.2) is 0 Å². The summed E-state index contributed by atoms with van der Waals surface area (Å²) in [4.78, 5) is 0.0749. The van der Waals surface area contributed by atoms with E-state index in [-0.39, 0.29) is 4.90 Å². The van der Waals surface area contributed by atoms with Crippen LogP contribution in [0.15, 0.2) is 47.4 Å². The van der Waals surface area contributed by atoms with Gasteiger partial charge in [-0.25, -0.2) is 8.42 Å². The van der Waals surface area contributed by atoms with Crippen LogP contribution in [0.1, 0.15) is 155 Å². The standard InChI is InChI=1S/C40H61ClO4S/c1-3-5-7-9-11-13-15-17-19-21-25-32-44-39-34-28-23-24-29-35(34)40(38-36(39)30-27-31-37(38)46(41,42)43)45-33-26-22-20-18-16-14-12-10-8-6-4-2/h23-24,27-31H,3-22,25-26,32-33H2,1-2H3. The highest BCUT2D eigenvalue weighted by atomic mass is 35.7. The summed E-state index contributed by atoms with van der Waals surface area (Å²) in [6.45, 7) is 5.65. The van der Waals surface area contributed by atoms with E-state index in [0.717, 1.165) is 41.8 Å². The van der Waals surface area contributed by atoms with Crippen molar-refractivity contribution in [3.63, 3.8) is 0 Å². The Morgan fingerprint density at radius 2 is 0.848 bits per heavy atom. The number of ether oxygens (including phenoxy) is 2. The van der Waals surface area contributed by atoms with Crippen molar-refractivity contribution in [2.75, 3.05) is 13.2 Å². The van der Waals surface area contributed by atoms with Crippen LogP contribution in [0, 0.1) is 0 Å². The van der Waals surface area contributed by atoms with E-state index < -0.39 is 9.05 Å². The molecule has 4 nitrogen and oxygen atoms in total. The largest absolute Gasteiger partial charge is 0.492 e. The monoisotopic (exact) mass is 672 g/mol. The zero-order chi connectivity index (χ0) is 32.9. The summed E-state index contributed by atoms with van der Waals surface area (Å²) in [7, 11) is 1.99. The van der Waals surface area contributed by atoms with Gasteiger partial charge in [-0.3, -0.25) is 0 Å². The molecule has 0 aliphatic carbocycles. The Morgan fingerprint density at radius 3 is 1.28 bits per heavy atom. The summed E-state index contributed by atoms with van der Waals surface area (Å²) in [6, 6.07) is 13.3. The molecule has 0 aliphatic heterocycles. The summed E-state index contributed by atoms with van der Waals surface area (Å²) >= 11 is 0. The molecule has 0 unspecified atom stereocenters. The van der Waals surface area contributed by atoms with Crippen LogP contribution in [-0.4, -0.2) is 21.6 Å². The third-order valence-corrected chi connectivity index (χ3v) is 10.5. The second kappa shape index (κ2) is 22.6. The van der Waals surface area contributed by atoms with Crippen LogP contribution in [0.3, 0.4) is 0 Å². The molecule has 0 atom stereocenters. The molecule has 0 saturated heterocycles. The molecule has 0 aromatic heterocycles. The number of rotatable bonds is 27. The minimum Gasteiger partial charge on any atom is -0.492 e. The molecule has 3 aromatic carbocycles. The molecule has 0 aliphatic rings. The predicted molar refractivity (Wildman–Crippen MR) is 198 cm³/mol. The number of unbranched alkanes of at least 4 members (excludes halogenated alkanes) is 20. The molecular formula is C40H61ClO4S. The first-order chi connectivity index (χ1) is 22.5. The molecule has 46 heavy (non-hydrogen) atoms. The van der Waals surface area contributed by atoms with Gasteiger partial charge in [-0.1, -0.05) is 179 Å². The lowest BCUT2D eigenvalue weighted by Gasteiger charge is -2.19. The van der Waals surface area contributed by atoms with Gasteiger partial charge in [-0.05, 0) is 18.9 Å². The van der Waals surface area contributed by atoms with Crippen LogP contribution in [-0.2, 0) is 9.05 Å². The van der Waals surface area contributed by atoms with Gasteiger partial charge in [0.25, 0.3) is 9.05 Å². The topological polar surface area (TPSA) is 52.6 Å². The first-order valence-electron chi connectivity index (χ1n) is 18.7. The maximum absolute atomic E-state index is 12.8. The van der Waals surface area contributed by atoms with Crippen LogP contribution in [0.4, 0.5) is 0 Å². The van der Waals surface area contributed by atoms with Crippen LogP contribution in [0.2, 0.25) is 0 Å². The first kappa shape index (κ1) is 38.5. The van der Waals surface area contributed by atoms with Crippen LogP contribution >= 0.6 is 10.7 Å².